The summed E-state index contributed by atoms with van der Waals surface area (Å²) in [6, 6.07) is 4.14. The Kier molecular flexibility index (Phi) is 5.07. The number of hydrogen-bond donors (Lipinski definition) is 0. The van der Waals surface area contributed by atoms with Crippen molar-refractivity contribution in [3.05, 3.63) is 23.4 Å². The average Bonchev–Trinajstić information content (AvgIpc) is 2.55. The molecule has 0 aromatic carbocycles. The van der Waals surface area contributed by atoms with Crippen LogP contribution in [0.3, 0.4) is 0 Å². The van der Waals surface area contributed by atoms with Crippen molar-refractivity contribution in [2.75, 3.05) is 44.7 Å². The van der Waals surface area contributed by atoms with Gasteiger partial charge in [0, 0.05) is 50.9 Å². The zero-order valence-electron chi connectivity index (χ0n) is 13.9. The fraction of sp³-hybridized carbons (Fsp3) is 0.647. The standard InChI is InChI=1S/C17H25ClN4O/c1-13-12-20(2)9-10-22(13)17(23)14-5-7-21(8-6-14)16-4-3-15(18)11-19-16/h3-4,11,13-14H,5-10,12H2,1-2H3. The number of carbonyl (C=O) groups excluding carboxylic acids is 1. The zero-order chi connectivity index (χ0) is 16.4. The molecule has 0 aliphatic carbocycles. The maximum atomic E-state index is 12.8. The maximum Gasteiger partial charge on any atom is 0.226 e. The molecule has 0 radical (unpaired) electrons. The minimum atomic E-state index is 0.157. The fourth-order valence-electron chi connectivity index (χ4n) is 3.61. The molecule has 126 valence electrons. The number of aromatic nitrogens is 1. The summed E-state index contributed by atoms with van der Waals surface area (Å²) in [4.78, 5) is 23.8. The van der Waals surface area contributed by atoms with E-state index < -0.39 is 0 Å². The number of likely N-dealkylation sites (N-methyl/N-ethyl adjacent to an activating group) is 1. The van der Waals surface area contributed by atoms with Crippen molar-refractivity contribution in [2.24, 2.45) is 5.92 Å². The van der Waals surface area contributed by atoms with Crippen LogP contribution >= 0.6 is 11.6 Å². The largest absolute Gasteiger partial charge is 0.357 e. The van der Waals surface area contributed by atoms with Crippen molar-refractivity contribution in [1.29, 1.82) is 0 Å². The lowest BCUT2D eigenvalue weighted by atomic mass is 9.94. The number of piperazine rings is 1. The molecule has 1 aromatic heterocycles. The summed E-state index contributed by atoms with van der Waals surface area (Å²) < 4.78 is 0. The van der Waals surface area contributed by atoms with E-state index >= 15 is 0 Å². The lowest BCUT2D eigenvalue weighted by molar-refractivity contribution is -0.140. The number of hydrogen-bond acceptors (Lipinski definition) is 4. The molecule has 3 heterocycles. The van der Waals surface area contributed by atoms with E-state index in [4.69, 9.17) is 11.6 Å². The highest BCUT2D eigenvalue weighted by Crippen LogP contribution is 2.25. The molecule has 0 spiro atoms. The van der Waals surface area contributed by atoms with Gasteiger partial charge >= 0.3 is 0 Å². The van der Waals surface area contributed by atoms with Gasteiger partial charge in [-0.05, 0) is 38.9 Å². The smallest absolute Gasteiger partial charge is 0.226 e. The SMILES string of the molecule is CC1CN(C)CCN1C(=O)C1CCN(c2ccc(Cl)cn2)CC1. The van der Waals surface area contributed by atoms with E-state index in [0.29, 0.717) is 17.0 Å². The molecule has 2 aliphatic rings. The molecule has 6 heteroatoms. The van der Waals surface area contributed by atoms with E-state index in [1.807, 2.05) is 12.1 Å². The second-order valence-electron chi connectivity index (χ2n) is 6.74. The molecule has 2 fully saturated rings. The third-order valence-electron chi connectivity index (χ3n) is 4.99. The molecule has 5 nitrogen and oxygen atoms in total. The number of nitrogens with zero attached hydrogens (tertiary/aromatic N) is 4. The van der Waals surface area contributed by atoms with Gasteiger partial charge in [0.15, 0.2) is 0 Å². The first kappa shape index (κ1) is 16.5. The van der Waals surface area contributed by atoms with Gasteiger partial charge in [0.25, 0.3) is 0 Å². The van der Waals surface area contributed by atoms with Crippen LogP contribution in [0.2, 0.25) is 5.02 Å². The molecule has 2 aliphatic heterocycles. The summed E-state index contributed by atoms with van der Waals surface area (Å²) >= 11 is 5.89. The minimum absolute atomic E-state index is 0.157. The van der Waals surface area contributed by atoms with E-state index in [0.717, 1.165) is 51.4 Å². The molecule has 0 bridgehead atoms. The summed E-state index contributed by atoms with van der Waals surface area (Å²) in [7, 11) is 2.12. The van der Waals surface area contributed by atoms with Crippen LogP contribution in [0.25, 0.3) is 0 Å². The molecule has 23 heavy (non-hydrogen) atoms. The number of anilines is 1. The second kappa shape index (κ2) is 7.05. The summed E-state index contributed by atoms with van der Waals surface area (Å²) in [5.74, 6) is 1.45. The average molecular weight is 337 g/mol. The quantitative estimate of drug-likeness (QED) is 0.829. The summed E-state index contributed by atoms with van der Waals surface area (Å²) in [6.07, 6.45) is 3.49. The number of amides is 1. The molecule has 3 rings (SSSR count). The van der Waals surface area contributed by atoms with Crippen LogP contribution in [-0.2, 0) is 4.79 Å². The highest BCUT2D eigenvalue weighted by atomic mass is 35.5. The van der Waals surface area contributed by atoms with Crippen molar-refractivity contribution in [2.45, 2.75) is 25.8 Å². The highest BCUT2D eigenvalue weighted by Gasteiger charge is 2.33. The molecular formula is C17H25ClN4O. The maximum absolute atomic E-state index is 12.8. The van der Waals surface area contributed by atoms with Crippen LogP contribution in [0.4, 0.5) is 5.82 Å². The predicted molar refractivity (Wildman–Crippen MR) is 92.9 cm³/mol. The van der Waals surface area contributed by atoms with Crippen LogP contribution in [0.5, 0.6) is 0 Å². The van der Waals surface area contributed by atoms with E-state index in [2.05, 4.69) is 33.7 Å². The highest BCUT2D eigenvalue weighted by molar-refractivity contribution is 6.30. The van der Waals surface area contributed by atoms with E-state index in [-0.39, 0.29) is 5.92 Å². The minimum Gasteiger partial charge on any atom is -0.357 e. The molecule has 1 unspecified atom stereocenters. The predicted octanol–water partition coefficient (Wildman–Crippen LogP) is 2.11. The molecule has 0 N–H and O–H groups in total. The molecule has 0 saturated carbocycles. The summed E-state index contributed by atoms with van der Waals surface area (Å²) in [6.45, 7) is 6.72. The Morgan fingerprint density at radius 3 is 2.57 bits per heavy atom. The van der Waals surface area contributed by atoms with Gasteiger partial charge in [-0.2, -0.15) is 0 Å². The van der Waals surface area contributed by atoms with E-state index in [1.165, 1.54) is 0 Å². The zero-order valence-corrected chi connectivity index (χ0v) is 14.7. The summed E-state index contributed by atoms with van der Waals surface area (Å²) in [5.41, 5.74) is 0. The van der Waals surface area contributed by atoms with Crippen LogP contribution in [0.1, 0.15) is 19.8 Å². The van der Waals surface area contributed by atoms with Crippen LogP contribution in [-0.4, -0.2) is 66.5 Å². The number of halogens is 1. The van der Waals surface area contributed by atoms with Gasteiger partial charge in [-0.15, -0.1) is 0 Å². The van der Waals surface area contributed by atoms with E-state index in [1.54, 1.807) is 6.20 Å². The number of carbonyl (C=O) groups is 1. The normalized spacial score (nSPS) is 24.0. The lowest BCUT2D eigenvalue weighted by Gasteiger charge is -2.41. The van der Waals surface area contributed by atoms with E-state index in [9.17, 15) is 4.79 Å². The van der Waals surface area contributed by atoms with Gasteiger partial charge in [0.1, 0.15) is 5.82 Å². The third kappa shape index (κ3) is 3.78. The Morgan fingerprint density at radius 1 is 1.22 bits per heavy atom. The van der Waals surface area contributed by atoms with Gasteiger partial charge in [-0.3, -0.25) is 4.79 Å². The lowest BCUT2D eigenvalue weighted by Crippen LogP contribution is -2.55. The van der Waals surface area contributed by atoms with Gasteiger partial charge in [0.2, 0.25) is 5.91 Å². The molecule has 2 saturated heterocycles. The van der Waals surface area contributed by atoms with Gasteiger partial charge in [-0.25, -0.2) is 4.98 Å². The Bertz CT molecular complexity index is 542. The van der Waals surface area contributed by atoms with Crippen LogP contribution in [0.15, 0.2) is 18.3 Å². The van der Waals surface area contributed by atoms with Crippen molar-refractivity contribution < 1.29 is 4.79 Å². The van der Waals surface area contributed by atoms with Crippen LogP contribution in [0, 0.1) is 5.92 Å². The number of pyridine rings is 1. The van der Waals surface area contributed by atoms with Gasteiger partial charge in [0.05, 0.1) is 5.02 Å². The number of piperidine rings is 1. The fourth-order valence-corrected chi connectivity index (χ4v) is 3.72. The molecule has 1 amide bonds. The number of rotatable bonds is 2. The topological polar surface area (TPSA) is 39.7 Å². The first-order valence-electron chi connectivity index (χ1n) is 8.40. The van der Waals surface area contributed by atoms with Crippen molar-refractivity contribution >= 4 is 23.3 Å². The van der Waals surface area contributed by atoms with Crippen molar-refractivity contribution in [3.8, 4) is 0 Å². The van der Waals surface area contributed by atoms with Gasteiger partial charge < -0.3 is 14.7 Å². The Labute approximate surface area is 143 Å². The first-order valence-corrected chi connectivity index (χ1v) is 8.78. The monoisotopic (exact) mass is 336 g/mol. The summed E-state index contributed by atoms with van der Waals surface area (Å²) in [5, 5.41) is 0.655. The Hall–Kier alpha value is -1.33. The van der Waals surface area contributed by atoms with Crippen LogP contribution < -0.4 is 4.90 Å². The Morgan fingerprint density at radius 2 is 1.96 bits per heavy atom. The van der Waals surface area contributed by atoms with Gasteiger partial charge in [-0.1, -0.05) is 11.6 Å². The second-order valence-corrected chi connectivity index (χ2v) is 7.18. The Balaban J connectivity index is 1.56. The molecule has 1 atom stereocenters. The molecular weight excluding hydrogens is 312 g/mol. The van der Waals surface area contributed by atoms with Crippen molar-refractivity contribution in [3.63, 3.8) is 0 Å². The molecule has 1 aromatic rings. The first-order chi connectivity index (χ1) is 11.0. The third-order valence-corrected chi connectivity index (χ3v) is 5.22. The van der Waals surface area contributed by atoms with Crippen molar-refractivity contribution in [1.82, 2.24) is 14.8 Å².